The number of hydrogen-bond acceptors (Lipinski definition) is 7. The minimum Gasteiger partial charge on any atom is -0.341 e. The highest BCUT2D eigenvalue weighted by Crippen LogP contribution is 2.23. The molecule has 0 unspecified atom stereocenters. The molecule has 0 spiro atoms. The molecule has 7 nitrogen and oxygen atoms in total. The minimum absolute atomic E-state index is 0.333. The summed E-state index contributed by atoms with van der Waals surface area (Å²) in [5, 5.41) is 8.45. The van der Waals surface area contributed by atoms with Crippen molar-refractivity contribution in [2.45, 2.75) is 12.8 Å². The van der Waals surface area contributed by atoms with Crippen LogP contribution in [-0.4, -0.2) is 34.3 Å². The molecule has 1 aromatic heterocycles. The van der Waals surface area contributed by atoms with Gasteiger partial charge in [-0.3, -0.25) is 0 Å². The molecule has 2 N–H and O–H groups in total. The lowest BCUT2D eigenvalue weighted by molar-refractivity contribution is 0.883. The van der Waals surface area contributed by atoms with Gasteiger partial charge in [-0.05, 0) is 37.1 Å². The highest BCUT2D eigenvalue weighted by atomic mass is 35.5. The average Bonchev–Trinajstić information content (AvgIpc) is 3.26. The number of nitrogens with zero attached hydrogens (tertiary/aromatic N) is 5. The van der Waals surface area contributed by atoms with Crippen LogP contribution in [0.1, 0.15) is 18.4 Å². The number of aromatic nitrogens is 3. The molecular weight excluding hydrogens is 409 g/mol. The summed E-state index contributed by atoms with van der Waals surface area (Å²) in [6.45, 7) is 1.85. The first-order chi connectivity index (χ1) is 14.2. The monoisotopic (exact) mass is 427 g/mol. The van der Waals surface area contributed by atoms with Crippen molar-refractivity contribution in [2.75, 3.05) is 28.7 Å². The van der Waals surface area contributed by atoms with E-state index in [1.807, 2.05) is 30.3 Å². The second-order valence-corrected chi connectivity index (χ2v) is 7.29. The first-order valence-electron chi connectivity index (χ1n) is 9.25. The Balaban J connectivity index is 1.58. The number of halogens is 2. The maximum atomic E-state index is 6.18. The van der Waals surface area contributed by atoms with E-state index in [1.165, 1.54) is 0 Å². The highest BCUT2D eigenvalue weighted by Gasteiger charge is 2.17. The van der Waals surface area contributed by atoms with Crippen molar-refractivity contribution in [1.29, 1.82) is 0 Å². The van der Waals surface area contributed by atoms with Crippen LogP contribution in [0.15, 0.2) is 53.6 Å². The van der Waals surface area contributed by atoms with E-state index in [2.05, 4.69) is 35.7 Å². The van der Waals surface area contributed by atoms with Crippen molar-refractivity contribution in [3.05, 3.63) is 64.1 Å². The van der Waals surface area contributed by atoms with Crippen molar-refractivity contribution in [3.8, 4) is 0 Å². The molecule has 2 aromatic carbocycles. The Morgan fingerprint density at radius 2 is 1.55 bits per heavy atom. The van der Waals surface area contributed by atoms with E-state index < -0.39 is 0 Å². The fraction of sp³-hybridized carbons (Fsp3) is 0.200. The normalized spacial score (nSPS) is 13.8. The second kappa shape index (κ2) is 9.07. The number of para-hydroxylation sites is 1. The summed E-state index contributed by atoms with van der Waals surface area (Å²) in [7, 11) is 0. The average molecular weight is 428 g/mol. The number of anilines is 4. The van der Waals surface area contributed by atoms with Gasteiger partial charge in [0.25, 0.3) is 0 Å². The van der Waals surface area contributed by atoms with Gasteiger partial charge in [-0.15, -0.1) is 0 Å². The van der Waals surface area contributed by atoms with Crippen molar-refractivity contribution in [2.24, 2.45) is 5.10 Å². The van der Waals surface area contributed by atoms with Crippen LogP contribution in [0.5, 0.6) is 0 Å². The van der Waals surface area contributed by atoms with Crippen molar-refractivity contribution >= 4 is 52.9 Å². The molecular formula is C20H19Cl2N7. The Bertz CT molecular complexity index is 985. The van der Waals surface area contributed by atoms with Crippen molar-refractivity contribution in [3.63, 3.8) is 0 Å². The van der Waals surface area contributed by atoms with E-state index in [0.29, 0.717) is 33.5 Å². The highest BCUT2D eigenvalue weighted by molar-refractivity contribution is 6.38. The second-order valence-electron chi connectivity index (χ2n) is 6.47. The summed E-state index contributed by atoms with van der Waals surface area (Å²) in [5.41, 5.74) is 4.38. The van der Waals surface area contributed by atoms with Crippen LogP contribution in [0, 0.1) is 0 Å². The molecule has 4 rings (SSSR count). The number of benzene rings is 2. The third-order valence-electron chi connectivity index (χ3n) is 4.40. The van der Waals surface area contributed by atoms with Gasteiger partial charge < -0.3 is 10.2 Å². The van der Waals surface area contributed by atoms with Crippen LogP contribution >= 0.6 is 23.2 Å². The SMILES string of the molecule is Clc1cccc(Cl)c1/C=N\Nc1nc(Nc2ccccc2)nc(N2CCCC2)n1. The lowest BCUT2D eigenvalue weighted by atomic mass is 10.2. The van der Waals surface area contributed by atoms with Gasteiger partial charge in [0, 0.05) is 24.3 Å². The van der Waals surface area contributed by atoms with E-state index in [-0.39, 0.29) is 0 Å². The van der Waals surface area contributed by atoms with E-state index in [9.17, 15) is 0 Å². The largest absolute Gasteiger partial charge is 0.341 e. The summed E-state index contributed by atoms with van der Waals surface area (Å²) >= 11 is 12.4. The fourth-order valence-electron chi connectivity index (χ4n) is 2.97. The van der Waals surface area contributed by atoms with Gasteiger partial charge in [0.15, 0.2) is 0 Å². The molecule has 2 heterocycles. The molecule has 9 heteroatoms. The Hall–Kier alpha value is -2.90. The van der Waals surface area contributed by atoms with Crippen LogP contribution < -0.4 is 15.6 Å². The summed E-state index contributed by atoms with van der Waals surface area (Å²) in [6.07, 6.45) is 3.80. The van der Waals surface area contributed by atoms with Crippen molar-refractivity contribution in [1.82, 2.24) is 15.0 Å². The van der Waals surface area contributed by atoms with Gasteiger partial charge in [0.1, 0.15) is 0 Å². The smallest absolute Gasteiger partial charge is 0.250 e. The molecule has 1 fully saturated rings. The van der Waals surface area contributed by atoms with Crippen LogP contribution in [0.3, 0.4) is 0 Å². The maximum Gasteiger partial charge on any atom is 0.250 e. The summed E-state index contributed by atoms with van der Waals surface area (Å²) in [4.78, 5) is 15.6. The Kier molecular flexibility index (Phi) is 6.07. The zero-order chi connectivity index (χ0) is 20.1. The molecule has 1 aliphatic heterocycles. The van der Waals surface area contributed by atoms with E-state index in [1.54, 1.807) is 24.4 Å². The molecule has 148 valence electrons. The van der Waals surface area contributed by atoms with Gasteiger partial charge in [-0.2, -0.15) is 20.1 Å². The molecule has 1 aliphatic rings. The lowest BCUT2D eigenvalue weighted by Gasteiger charge is -2.16. The standard InChI is InChI=1S/C20H19Cl2N7/c21-16-9-6-10-17(22)15(16)13-23-28-19-25-18(24-14-7-2-1-3-8-14)26-20(27-19)29-11-4-5-12-29/h1-3,6-10,13H,4-5,11-12H2,(H2,24,25,26,27,28)/b23-13-. The van der Waals surface area contributed by atoms with Crippen LogP contribution in [0.4, 0.5) is 23.5 Å². The van der Waals surface area contributed by atoms with Gasteiger partial charge in [-0.25, -0.2) is 5.43 Å². The molecule has 3 aromatic rings. The molecule has 0 amide bonds. The first-order valence-corrected chi connectivity index (χ1v) is 10.0. The van der Waals surface area contributed by atoms with E-state index >= 15 is 0 Å². The lowest BCUT2D eigenvalue weighted by Crippen LogP contribution is -2.21. The molecule has 0 bridgehead atoms. The first kappa shape index (κ1) is 19.4. The Morgan fingerprint density at radius 1 is 0.862 bits per heavy atom. The Morgan fingerprint density at radius 3 is 2.28 bits per heavy atom. The topological polar surface area (TPSA) is 78.3 Å². The van der Waals surface area contributed by atoms with Gasteiger partial charge in [0.05, 0.1) is 16.3 Å². The van der Waals surface area contributed by atoms with Crippen LogP contribution in [0.2, 0.25) is 10.0 Å². The minimum atomic E-state index is 0.333. The van der Waals surface area contributed by atoms with Gasteiger partial charge >= 0.3 is 0 Å². The van der Waals surface area contributed by atoms with Gasteiger partial charge in [-0.1, -0.05) is 47.5 Å². The summed E-state index contributed by atoms with van der Waals surface area (Å²) in [5.74, 6) is 1.39. The zero-order valence-corrected chi connectivity index (χ0v) is 17.0. The number of hydrogen-bond donors (Lipinski definition) is 2. The molecule has 0 aliphatic carbocycles. The van der Waals surface area contributed by atoms with E-state index in [0.717, 1.165) is 31.6 Å². The van der Waals surface area contributed by atoms with Gasteiger partial charge in [0.2, 0.25) is 17.8 Å². The Labute approximate surface area is 178 Å². The van der Waals surface area contributed by atoms with Crippen LogP contribution in [0.25, 0.3) is 0 Å². The number of hydrazone groups is 1. The third kappa shape index (κ3) is 4.93. The quantitative estimate of drug-likeness (QED) is 0.427. The molecule has 1 saturated heterocycles. The third-order valence-corrected chi connectivity index (χ3v) is 5.06. The predicted octanol–water partition coefficient (Wildman–Crippen LogP) is 4.97. The number of rotatable bonds is 6. The van der Waals surface area contributed by atoms with Crippen molar-refractivity contribution < 1.29 is 0 Å². The summed E-state index contributed by atoms with van der Waals surface area (Å²) < 4.78 is 0. The molecule has 0 atom stereocenters. The summed E-state index contributed by atoms with van der Waals surface area (Å²) in [6, 6.07) is 15.0. The fourth-order valence-corrected chi connectivity index (χ4v) is 3.46. The molecule has 0 saturated carbocycles. The predicted molar refractivity (Wildman–Crippen MR) is 119 cm³/mol. The zero-order valence-electron chi connectivity index (χ0n) is 15.5. The molecule has 0 radical (unpaired) electrons. The number of nitrogens with one attached hydrogen (secondary N) is 2. The van der Waals surface area contributed by atoms with Crippen LogP contribution in [-0.2, 0) is 0 Å². The maximum absolute atomic E-state index is 6.18. The molecule has 29 heavy (non-hydrogen) atoms. The van der Waals surface area contributed by atoms with E-state index in [4.69, 9.17) is 23.2 Å².